The van der Waals surface area contributed by atoms with Gasteiger partial charge in [-0.25, -0.2) is 18.6 Å². The lowest BCUT2D eigenvalue weighted by atomic mass is 9.31. The summed E-state index contributed by atoms with van der Waals surface area (Å²) in [5, 5.41) is 18.7. The van der Waals surface area contributed by atoms with Crippen molar-refractivity contribution in [2.45, 2.75) is 95.3 Å². The number of amides is 2. The number of aromatic amines is 1. The van der Waals surface area contributed by atoms with E-state index < -0.39 is 5.92 Å². The lowest BCUT2D eigenvalue weighted by Crippen LogP contribution is -2.74. The van der Waals surface area contributed by atoms with Crippen molar-refractivity contribution in [3.8, 4) is 0 Å². The Morgan fingerprint density at radius 1 is 1.03 bits per heavy atom. The topological polar surface area (TPSA) is 90.9 Å². The van der Waals surface area contributed by atoms with Crippen molar-refractivity contribution >= 4 is 17.4 Å². The highest BCUT2D eigenvalue weighted by Gasteiger charge is 2.73. The van der Waals surface area contributed by atoms with Gasteiger partial charge < -0.3 is 9.80 Å². The van der Waals surface area contributed by atoms with Crippen molar-refractivity contribution in [1.29, 1.82) is 0 Å². The van der Waals surface area contributed by atoms with Gasteiger partial charge in [-0.2, -0.15) is 5.10 Å². The van der Waals surface area contributed by atoms with E-state index in [1.165, 1.54) is 24.3 Å². The van der Waals surface area contributed by atoms with E-state index in [1.54, 1.807) is 0 Å². The number of carbonyl (C=O) groups is 1. The largest absolute Gasteiger partial charge is 0.324 e. The summed E-state index contributed by atoms with van der Waals surface area (Å²) >= 11 is 1.82. The second-order valence-electron chi connectivity index (χ2n) is 15.3. The number of nitrogens with zero attached hydrogens (tertiary/aromatic N) is 6. The van der Waals surface area contributed by atoms with Crippen molar-refractivity contribution in [1.82, 2.24) is 35.2 Å². The molecule has 39 heavy (non-hydrogen) atoms. The Labute approximate surface area is 231 Å². The number of halogens is 2. The zero-order valence-electron chi connectivity index (χ0n) is 23.0. The number of alkyl halides is 2. The van der Waals surface area contributed by atoms with Crippen LogP contribution in [0.25, 0.3) is 0 Å². The van der Waals surface area contributed by atoms with Crippen LogP contribution in [0.5, 0.6) is 0 Å². The van der Waals surface area contributed by atoms with Crippen LogP contribution in [0.3, 0.4) is 0 Å². The summed E-state index contributed by atoms with van der Waals surface area (Å²) in [6, 6.07) is 0.199. The minimum atomic E-state index is -2.56. The first kappa shape index (κ1) is 24.6. The molecule has 1 N–H and O–H groups in total. The highest BCUT2D eigenvalue weighted by Crippen LogP contribution is 2.77. The van der Waals surface area contributed by atoms with E-state index in [9.17, 15) is 13.6 Å². The maximum absolute atomic E-state index is 13.2. The molecule has 2 bridgehead atoms. The molecule has 5 saturated carbocycles. The fraction of sp³-hybridized carbons (Fsp3) is 0.821. The maximum Gasteiger partial charge on any atom is 0.320 e. The average molecular weight is 558 g/mol. The van der Waals surface area contributed by atoms with Crippen LogP contribution < -0.4 is 0 Å². The molecule has 5 aliphatic carbocycles. The Bertz CT molecular complexity index is 1300. The van der Waals surface area contributed by atoms with Crippen molar-refractivity contribution < 1.29 is 13.6 Å². The van der Waals surface area contributed by atoms with Crippen molar-refractivity contribution in [3.05, 3.63) is 21.7 Å². The van der Waals surface area contributed by atoms with Crippen LogP contribution in [-0.4, -0.2) is 73.3 Å². The van der Waals surface area contributed by atoms with Crippen LogP contribution in [0.15, 0.2) is 0 Å². The van der Waals surface area contributed by atoms with Gasteiger partial charge in [0, 0.05) is 68.1 Å². The van der Waals surface area contributed by atoms with E-state index in [4.69, 9.17) is 0 Å². The van der Waals surface area contributed by atoms with Gasteiger partial charge in [-0.05, 0) is 48.9 Å². The number of likely N-dealkylation sites (tertiary alicyclic amines) is 2. The normalized spacial score (nSPS) is 33.1. The summed E-state index contributed by atoms with van der Waals surface area (Å²) in [5.41, 5.74) is 1.14. The fourth-order valence-electron chi connectivity index (χ4n) is 8.57. The van der Waals surface area contributed by atoms with E-state index >= 15 is 0 Å². The molecule has 8 nitrogen and oxygen atoms in total. The van der Waals surface area contributed by atoms with Gasteiger partial charge in [0.1, 0.15) is 15.8 Å². The van der Waals surface area contributed by atoms with Crippen LogP contribution in [-0.2, 0) is 11.8 Å². The molecule has 2 aliphatic heterocycles. The number of rotatable bonds is 5. The molecule has 2 aromatic heterocycles. The molecule has 9 rings (SSSR count). The Balaban J connectivity index is 0.781. The first-order valence-electron chi connectivity index (χ1n) is 14.5. The Kier molecular flexibility index (Phi) is 4.77. The van der Waals surface area contributed by atoms with Crippen molar-refractivity contribution in [3.63, 3.8) is 0 Å². The number of urea groups is 1. The van der Waals surface area contributed by atoms with Gasteiger partial charge in [0.25, 0.3) is 0 Å². The predicted octanol–water partition coefficient (Wildman–Crippen LogP) is 5.11. The molecule has 0 aromatic carbocycles. The molecule has 0 unspecified atom stereocenters. The highest BCUT2D eigenvalue weighted by atomic mass is 32.1. The third kappa shape index (κ3) is 3.73. The van der Waals surface area contributed by atoms with Crippen LogP contribution in [0.4, 0.5) is 13.6 Å². The quantitative estimate of drug-likeness (QED) is 0.552. The summed E-state index contributed by atoms with van der Waals surface area (Å²) in [4.78, 5) is 21.7. The Morgan fingerprint density at radius 3 is 2.36 bits per heavy atom. The van der Waals surface area contributed by atoms with E-state index in [0.29, 0.717) is 23.1 Å². The van der Waals surface area contributed by atoms with E-state index in [-0.39, 0.29) is 41.0 Å². The molecule has 7 aliphatic rings. The van der Waals surface area contributed by atoms with Gasteiger partial charge >= 0.3 is 6.03 Å². The molecule has 2 amide bonds. The standard InChI is InChI=1S/C28H37F2N7OS/c1-24(2,3)8-19-32-35-22(39-19)27-11-26(12-27,13-27)18-9-36(10-18)23(38)37-14-25(15-37)4-16(5-25)20-31-21(34-33-20)17-6-28(29,30)7-17/h16-18H,4-15H2,1-3H3,(H,31,33,34). The number of nitrogens with one attached hydrogen (secondary N) is 1. The molecule has 0 radical (unpaired) electrons. The number of carbonyl (C=O) groups excluding carboxylic acids is 1. The van der Waals surface area contributed by atoms with Gasteiger partial charge in [0.2, 0.25) is 5.92 Å². The number of hydrogen-bond donors (Lipinski definition) is 1. The molecule has 4 heterocycles. The number of hydrogen-bond acceptors (Lipinski definition) is 6. The van der Waals surface area contributed by atoms with Gasteiger partial charge in [-0.15, -0.1) is 21.5 Å². The zero-order valence-corrected chi connectivity index (χ0v) is 23.8. The summed E-state index contributed by atoms with van der Waals surface area (Å²) < 4.78 is 26.4. The Hall–Kier alpha value is -2.17. The lowest BCUT2D eigenvalue weighted by Gasteiger charge is -2.74. The summed E-state index contributed by atoms with van der Waals surface area (Å²) in [6.45, 7) is 10.2. The summed E-state index contributed by atoms with van der Waals surface area (Å²) in [5.74, 6) is -0.478. The molecule has 0 atom stereocenters. The first-order chi connectivity index (χ1) is 18.3. The molecule has 2 saturated heterocycles. The van der Waals surface area contributed by atoms with Gasteiger partial charge in [-0.3, -0.25) is 5.10 Å². The van der Waals surface area contributed by atoms with Gasteiger partial charge in [0.15, 0.2) is 5.82 Å². The average Bonchev–Trinajstić information content (AvgIpc) is 3.32. The predicted molar refractivity (Wildman–Crippen MR) is 141 cm³/mol. The molecule has 2 aromatic rings. The lowest BCUT2D eigenvalue weighted by molar-refractivity contribution is -0.208. The second-order valence-corrected chi connectivity index (χ2v) is 16.4. The molecule has 1 spiro atoms. The van der Waals surface area contributed by atoms with Crippen molar-refractivity contribution in [2.24, 2.45) is 22.2 Å². The zero-order chi connectivity index (χ0) is 27.0. The number of aromatic nitrogens is 5. The van der Waals surface area contributed by atoms with Crippen LogP contribution >= 0.6 is 11.3 Å². The van der Waals surface area contributed by atoms with Crippen molar-refractivity contribution in [2.75, 3.05) is 26.2 Å². The molecular weight excluding hydrogens is 520 g/mol. The summed E-state index contributed by atoms with van der Waals surface area (Å²) in [6.07, 6.45) is 6.34. The molecule has 7 fully saturated rings. The third-order valence-corrected chi connectivity index (χ3v) is 11.9. The van der Waals surface area contributed by atoms with Gasteiger partial charge in [-0.1, -0.05) is 20.8 Å². The van der Waals surface area contributed by atoms with Crippen LogP contribution in [0, 0.1) is 22.2 Å². The SMILES string of the molecule is CC(C)(C)Cc1nnc(C23CC(C4CN(C(=O)N5CC6(CC(c7nc(C8CC(F)(F)C8)n[nH]7)C6)C5)C4)(C2)C3)s1. The van der Waals surface area contributed by atoms with Crippen LogP contribution in [0.1, 0.15) is 99.2 Å². The number of H-pyrrole nitrogens is 1. The van der Waals surface area contributed by atoms with E-state index in [0.717, 1.165) is 56.3 Å². The van der Waals surface area contributed by atoms with E-state index in [2.05, 4.69) is 46.1 Å². The summed E-state index contributed by atoms with van der Waals surface area (Å²) in [7, 11) is 0. The fourth-order valence-corrected chi connectivity index (χ4v) is 9.90. The molecule has 11 heteroatoms. The molecular formula is C28H37F2N7OS. The van der Waals surface area contributed by atoms with Gasteiger partial charge in [0.05, 0.1) is 0 Å². The minimum absolute atomic E-state index is 0.142. The molecule has 210 valence electrons. The maximum atomic E-state index is 13.2. The Morgan fingerprint density at radius 2 is 1.72 bits per heavy atom. The highest BCUT2D eigenvalue weighted by molar-refractivity contribution is 7.11. The smallest absolute Gasteiger partial charge is 0.320 e. The first-order valence-corrected chi connectivity index (χ1v) is 15.3. The minimum Gasteiger partial charge on any atom is -0.324 e. The van der Waals surface area contributed by atoms with E-state index in [1.807, 2.05) is 21.1 Å². The third-order valence-electron chi connectivity index (χ3n) is 10.7. The monoisotopic (exact) mass is 557 g/mol. The van der Waals surface area contributed by atoms with Crippen LogP contribution in [0.2, 0.25) is 0 Å². The second kappa shape index (κ2) is 7.56.